The zero-order valence-electron chi connectivity index (χ0n) is 14.6. The van der Waals surface area contributed by atoms with Crippen LogP contribution in [-0.2, 0) is 0 Å². The second-order valence-corrected chi connectivity index (χ2v) is 6.06. The third-order valence-electron chi connectivity index (χ3n) is 3.41. The molecular formula is C16H19ClN6O3. The Bertz CT molecular complexity index is 828. The summed E-state index contributed by atoms with van der Waals surface area (Å²) in [6, 6.07) is 5.54. The molecule has 0 radical (unpaired) electrons. The highest BCUT2D eigenvalue weighted by molar-refractivity contribution is 6.34. The van der Waals surface area contributed by atoms with Gasteiger partial charge in [-0.25, -0.2) is 9.97 Å². The third kappa shape index (κ3) is 5.03. The zero-order valence-corrected chi connectivity index (χ0v) is 15.4. The van der Waals surface area contributed by atoms with Gasteiger partial charge in [0.05, 0.1) is 15.5 Å². The molecule has 9 nitrogen and oxygen atoms in total. The number of nitrogens with zero attached hydrogens (tertiary/aromatic N) is 4. The van der Waals surface area contributed by atoms with Crippen molar-refractivity contribution in [1.82, 2.24) is 15.3 Å². The minimum atomic E-state index is -0.566. The fourth-order valence-corrected chi connectivity index (χ4v) is 2.40. The number of rotatable bonds is 7. The Morgan fingerprint density at radius 1 is 1.27 bits per heavy atom. The Balaban J connectivity index is 1.90. The Morgan fingerprint density at radius 3 is 2.62 bits per heavy atom. The maximum atomic E-state index is 12.1. The summed E-state index contributed by atoms with van der Waals surface area (Å²) in [5, 5.41) is 16.5. The number of non-ortho nitro benzene ring substituents is 1. The average molecular weight is 379 g/mol. The van der Waals surface area contributed by atoms with Crippen LogP contribution in [0, 0.1) is 17.0 Å². The fourth-order valence-electron chi connectivity index (χ4n) is 2.14. The fraction of sp³-hybridized carbons (Fsp3) is 0.312. The van der Waals surface area contributed by atoms with Crippen molar-refractivity contribution in [3.63, 3.8) is 0 Å². The number of carbonyl (C=O) groups excluding carboxylic acids is 1. The molecule has 0 aliphatic rings. The second-order valence-electron chi connectivity index (χ2n) is 5.66. The van der Waals surface area contributed by atoms with Gasteiger partial charge in [-0.15, -0.1) is 0 Å². The first kappa shape index (κ1) is 19.4. The van der Waals surface area contributed by atoms with Gasteiger partial charge in [0.25, 0.3) is 11.6 Å². The summed E-state index contributed by atoms with van der Waals surface area (Å²) in [4.78, 5) is 32.7. The normalized spacial score (nSPS) is 10.3. The quantitative estimate of drug-likeness (QED) is 0.431. The molecule has 0 atom stereocenters. The molecule has 1 amide bonds. The van der Waals surface area contributed by atoms with E-state index < -0.39 is 10.8 Å². The van der Waals surface area contributed by atoms with Crippen LogP contribution in [0.2, 0.25) is 5.02 Å². The van der Waals surface area contributed by atoms with Gasteiger partial charge in [-0.05, 0) is 13.0 Å². The van der Waals surface area contributed by atoms with Gasteiger partial charge in [0.2, 0.25) is 0 Å². The number of aryl methyl sites for hydroxylation is 1. The van der Waals surface area contributed by atoms with E-state index >= 15 is 0 Å². The van der Waals surface area contributed by atoms with Gasteiger partial charge in [0.15, 0.2) is 0 Å². The monoisotopic (exact) mass is 378 g/mol. The molecule has 0 bridgehead atoms. The van der Waals surface area contributed by atoms with E-state index in [1.165, 1.54) is 12.1 Å². The zero-order chi connectivity index (χ0) is 19.3. The lowest BCUT2D eigenvalue weighted by atomic mass is 10.2. The van der Waals surface area contributed by atoms with E-state index in [2.05, 4.69) is 20.6 Å². The Hall–Kier alpha value is -2.94. The van der Waals surface area contributed by atoms with Crippen LogP contribution in [0.1, 0.15) is 16.2 Å². The number of nitro benzene ring substituents is 1. The molecule has 0 saturated carbocycles. The van der Waals surface area contributed by atoms with Crippen LogP contribution in [0.4, 0.5) is 17.3 Å². The Morgan fingerprint density at radius 2 is 2.00 bits per heavy atom. The van der Waals surface area contributed by atoms with Crippen molar-refractivity contribution >= 4 is 34.8 Å². The highest BCUT2D eigenvalue weighted by Crippen LogP contribution is 2.22. The summed E-state index contributed by atoms with van der Waals surface area (Å²) >= 11 is 5.94. The van der Waals surface area contributed by atoms with Crippen LogP contribution >= 0.6 is 11.6 Å². The highest BCUT2D eigenvalue weighted by atomic mass is 35.5. The molecule has 26 heavy (non-hydrogen) atoms. The van der Waals surface area contributed by atoms with Gasteiger partial charge in [-0.3, -0.25) is 14.9 Å². The summed E-state index contributed by atoms with van der Waals surface area (Å²) in [5.74, 6) is 1.67. The molecule has 2 rings (SSSR count). The number of hydrogen-bond acceptors (Lipinski definition) is 7. The van der Waals surface area contributed by atoms with Crippen molar-refractivity contribution in [3.05, 3.63) is 50.8 Å². The number of nitro groups is 1. The predicted molar refractivity (Wildman–Crippen MR) is 100 cm³/mol. The average Bonchev–Trinajstić information content (AvgIpc) is 2.57. The molecule has 2 N–H and O–H groups in total. The van der Waals surface area contributed by atoms with Crippen molar-refractivity contribution in [2.75, 3.05) is 37.4 Å². The molecule has 10 heteroatoms. The number of aromatic nitrogens is 2. The Labute approximate surface area is 155 Å². The first-order valence-corrected chi connectivity index (χ1v) is 8.14. The van der Waals surface area contributed by atoms with Crippen LogP contribution in [-0.4, -0.2) is 48.0 Å². The molecule has 2 aromatic rings. The van der Waals surface area contributed by atoms with Crippen LogP contribution in [0.3, 0.4) is 0 Å². The topological polar surface area (TPSA) is 113 Å². The van der Waals surface area contributed by atoms with E-state index in [1.807, 2.05) is 25.1 Å². The minimum absolute atomic E-state index is 0.0340. The molecule has 0 aliphatic carbocycles. The maximum Gasteiger partial charge on any atom is 0.270 e. The molecule has 0 aliphatic heterocycles. The van der Waals surface area contributed by atoms with Gasteiger partial charge in [0.1, 0.15) is 17.5 Å². The third-order valence-corrected chi connectivity index (χ3v) is 3.72. The molecule has 1 aromatic carbocycles. The SMILES string of the molecule is Cc1nc(NCCNC(=O)c2ccc([N+](=O)[O-])cc2Cl)cc(N(C)C)n1. The minimum Gasteiger partial charge on any atom is -0.368 e. The Kier molecular flexibility index (Phi) is 6.29. The number of benzene rings is 1. The van der Waals surface area contributed by atoms with E-state index in [-0.39, 0.29) is 16.3 Å². The summed E-state index contributed by atoms with van der Waals surface area (Å²) in [6.45, 7) is 2.57. The summed E-state index contributed by atoms with van der Waals surface area (Å²) in [5.41, 5.74) is 0.0223. The summed E-state index contributed by atoms with van der Waals surface area (Å²) < 4.78 is 0. The van der Waals surface area contributed by atoms with Gasteiger partial charge in [-0.1, -0.05) is 11.6 Å². The van der Waals surface area contributed by atoms with E-state index in [1.54, 1.807) is 6.92 Å². The molecule has 1 heterocycles. The molecule has 1 aromatic heterocycles. The molecular weight excluding hydrogens is 360 g/mol. The maximum absolute atomic E-state index is 12.1. The van der Waals surface area contributed by atoms with Gasteiger partial charge in [-0.2, -0.15) is 0 Å². The van der Waals surface area contributed by atoms with E-state index in [0.717, 1.165) is 11.9 Å². The van der Waals surface area contributed by atoms with E-state index in [4.69, 9.17) is 11.6 Å². The number of nitrogens with one attached hydrogen (secondary N) is 2. The van der Waals surface area contributed by atoms with Crippen molar-refractivity contribution in [1.29, 1.82) is 0 Å². The first-order valence-electron chi connectivity index (χ1n) is 7.77. The summed E-state index contributed by atoms with van der Waals surface area (Å²) in [7, 11) is 3.78. The number of carbonyl (C=O) groups is 1. The number of anilines is 2. The van der Waals surface area contributed by atoms with Crippen LogP contribution in [0.25, 0.3) is 0 Å². The van der Waals surface area contributed by atoms with Crippen molar-refractivity contribution < 1.29 is 9.72 Å². The largest absolute Gasteiger partial charge is 0.368 e. The van der Waals surface area contributed by atoms with E-state index in [0.29, 0.717) is 24.7 Å². The second kappa shape index (κ2) is 8.43. The number of halogens is 1. The summed E-state index contributed by atoms with van der Waals surface area (Å²) in [6.07, 6.45) is 0. The number of hydrogen-bond donors (Lipinski definition) is 2. The smallest absolute Gasteiger partial charge is 0.270 e. The van der Waals surface area contributed by atoms with Crippen LogP contribution < -0.4 is 15.5 Å². The van der Waals surface area contributed by atoms with Crippen molar-refractivity contribution in [3.8, 4) is 0 Å². The first-order chi connectivity index (χ1) is 12.3. The molecule has 0 fully saturated rings. The van der Waals surface area contributed by atoms with Crippen LogP contribution in [0.15, 0.2) is 24.3 Å². The highest BCUT2D eigenvalue weighted by Gasteiger charge is 2.14. The lowest BCUT2D eigenvalue weighted by Crippen LogP contribution is -2.29. The van der Waals surface area contributed by atoms with Crippen molar-refractivity contribution in [2.24, 2.45) is 0 Å². The molecule has 138 valence electrons. The van der Waals surface area contributed by atoms with Gasteiger partial charge in [0, 0.05) is 45.4 Å². The molecule has 0 saturated heterocycles. The lowest BCUT2D eigenvalue weighted by molar-refractivity contribution is -0.384. The standard InChI is InChI=1S/C16H19ClN6O3/c1-10-20-14(9-15(21-10)22(2)3)18-6-7-19-16(24)12-5-4-11(23(25)26)8-13(12)17/h4-5,8-9H,6-7H2,1-3H3,(H,19,24)(H,18,20,21). The molecule has 0 unspecified atom stereocenters. The molecule has 0 spiro atoms. The van der Waals surface area contributed by atoms with E-state index in [9.17, 15) is 14.9 Å². The van der Waals surface area contributed by atoms with Crippen LogP contribution in [0.5, 0.6) is 0 Å². The number of amides is 1. The lowest BCUT2D eigenvalue weighted by Gasteiger charge is -2.14. The predicted octanol–water partition coefficient (Wildman–Crippen LogP) is 2.25. The van der Waals surface area contributed by atoms with Gasteiger partial charge >= 0.3 is 0 Å². The van der Waals surface area contributed by atoms with Crippen molar-refractivity contribution in [2.45, 2.75) is 6.92 Å². The van der Waals surface area contributed by atoms with Gasteiger partial charge < -0.3 is 15.5 Å².